The van der Waals surface area contributed by atoms with Crippen molar-refractivity contribution in [2.45, 2.75) is 45.4 Å². The maximum Gasteiger partial charge on any atom is 0.226 e. The van der Waals surface area contributed by atoms with Crippen molar-refractivity contribution in [1.29, 1.82) is 0 Å². The molecule has 3 fully saturated rings. The largest absolute Gasteiger partial charge is 0.342 e. The molecule has 0 aromatic rings. The maximum absolute atomic E-state index is 12.5. The Balaban J connectivity index is 1.54. The van der Waals surface area contributed by atoms with Crippen LogP contribution in [0.4, 0.5) is 0 Å². The van der Waals surface area contributed by atoms with Crippen molar-refractivity contribution in [1.82, 2.24) is 10.2 Å². The van der Waals surface area contributed by atoms with Crippen LogP contribution < -0.4 is 5.32 Å². The summed E-state index contributed by atoms with van der Waals surface area (Å²) in [6, 6.07) is 0. The third-order valence-corrected chi connectivity index (χ3v) is 5.38. The molecule has 3 rings (SSSR count). The monoisotopic (exact) mass is 250 g/mol. The molecule has 1 N–H and O–H groups in total. The highest BCUT2D eigenvalue weighted by Gasteiger charge is 2.58. The van der Waals surface area contributed by atoms with Gasteiger partial charge in [0, 0.05) is 19.0 Å². The Hall–Kier alpha value is -0.570. The van der Waals surface area contributed by atoms with Gasteiger partial charge in [0.1, 0.15) is 0 Å². The lowest BCUT2D eigenvalue weighted by molar-refractivity contribution is -0.132. The van der Waals surface area contributed by atoms with Gasteiger partial charge in [-0.05, 0) is 56.5 Å². The smallest absolute Gasteiger partial charge is 0.226 e. The van der Waals surface area contributed by atoms with Gasteiger partial charge in [-0.1, -0.05) is 13.3 Å². The molecule has 0 radical (unpaired) electrons. The Morgan fingerprint density at radius 2 is 2.17 bits per heavy atom. The van der Waals surface area contributed by atoms with Crippen molar-refractivity contribution in [3.05, 3.63) is 0 Å². The van der Waals surface area contributed by atoms with Crippen molar-refractivity contribution in [2.75, 3.05) is 26.2 Å². The molecule has 2 aliphatic heterocycles. The van der Waals surface area contributed by atoms with Gasteiger partial charge in [-0.2, -0.15) is 0 Å². The van der Waals surface area contributed by atoms with Gasteiger partial charge in [0.2, 0.25) is 5.91 Å². The Morgan fingerprint density at radius 1 is 1.39 bits per heavy atom. The molecule has 2 heterocycles. The first kappa shape index (κ1) is 12.5. The highest BCUT2D eigenvalue weighted by Crippen LogP contribution is 2.59. The normalized spacial score (nSPS) is 33.9. The molecular formula is C15H26N2O. The standard InChI is InChI=1S/C15H26N2O/c1-2-3-12-4-9-17(11-12)14(18)13-10-15(13)5-7-16-8-6-15/h12-13,16H,2-11H2,1H3. The van der Waals surface area contributed by atoms with Gasteiger partial charge in [0.05, 0.1) is 0 Å². The molecule has 0 aromatic carbocycles. The van der Waals surface area contributed by atoms with E-state index >= 15 is 0 Å². The van der Waals surface area contributed by atoms with Gasteiger partial charge >= 0.3 is 0 Å². The maximum atomic E-state index is 12.5. The van der Waals surface area contributed by atoms with Crippen molar-refractivity contribution in [3.63, 3.8) is 0 Å². The highest BCUT2D eigenvalue weighted by molar-refractivity contribution is 5.83. The molecule has 0 bridgehead atoms. The van der Waals surface area contributed by atoms with Gasteiger partial charge in [-0.25, -0.2) is 0 Å². The van der Waals surface area contributed by atoms with E-state index in [0.717, 1.165) is 32.1 Å². The molecule has 2 atom stereocenters. The van der Waals surface area contributed by atoms with Gasteiger partial charge in [-0.15, -0.1) is 0 Å². The minimum absolute atomic E-state index is 0.375. The summed E-state index contributed by atoms with van der Waals surface area (Å²) in [6.07, 6.45) is 7.39. The first-order valence-corrected chi connectivity index (χ1v) is 7.75. The summed E-state index contributed by atoms with van der Waals surface area (Å²) in [5.74, 6) is 1.64. The van der Waals surface area contributed by atoms with E-state index in [1.165, 1.54) is 38.5 Å². The lowest BCUT2D eigenvalue weighted by atomic mass is 9.91. The topological polar surface area (TPSA) is 32.3 Å². The Bertz CT molecular complexity index is 322. The van der Waals surface area contributed by atoms with Gasteiger partial charge < -0.3 is 10.2 Å². The second-order valence-corrected chi connectivity index (χ2v) is 6.60. The van der Waals surface area contributed by atoms with Crippen LogP contribution in [0.2, 0.25) is 0 Å². The van der Waals surface area contributed by atoms with E-state index in [1.54, 1.807) is 0 Å². The van der Waals surface area contributed by atoms with Crippen LogP contribution in [-0.2, 0) is 4.79 Å². The van der Waals surface area contributed by atoms with Crippen molar-refractivity contribution < 1.29 is 4.79 Å². The molecule has 1 saturated carbocycles. The van der Waals surface area contributed by atoms with Crippen LogP contribution in [0.1, 0.15) is 45.4 Å². The van der Waals surface area contributed by atoms with E-state index in [0.29, 0.717) is 17.2 Å². The molecule has 0 aromatic heterocycles. The summed E-state index contributed by atoms with van der Waals surface area (Å²) in [5.41, 5.74) is 0.408. The number of rotatable bonds is 3. The van der Waals surface area contributed by atoms with E-state index in [9.17, 15) is 4.79 Å². The molecule has 2 unspecified atom stereocenters. The Morgan fingerprint density at radius 3 is 2.89 bits per heavy atom. The summed E-state index contributed by atoms with van der Waals surface area (Å²) >= 11 is 0. The third-order valence-electron chi connectivity index (χ3n) is 5.38. The lowest BCUT2D eigenvalue weighted by Crippen LogP contribution is -2.35. The van der Waals surface area contributed by atoms with Crippen LogP contribution in [0.25, 0.3) is 0 Å². The van der Waals surface area contributed by atoms with Gasteiger partial charge in [0.25, 0.3) is 0 Å². The van der Waals surface area contributed by atoms with E-state index in [4.69, 9.17) is 0 Å². The minimum Gasteiger partial charge on any atom is -0.342 e. The second kappa shape index (κ2) is 4.84. The number of amides is 1. The molecular weight excluding hydrogens is 224 g/mol. The van der Waals surface area contributed by atoms with Crippen molar-refractivity contribution in [3.8, 4) is 0 Å². The number of hydrogen-bond acceptors (Lipinski definition) is 2. The first-order chi connectivity index (χ1) is 8.75. The highest BCUT2D eigenvalue weighted by atomic mass is 16.2. The molecule has 2 saturated heterocycles. The number of hydrogen-bond donors (Lipinski definition) is 1. The molecule has 18 heavy (non-hydrogen) atoms. The van der Waals surface area contributed by atoms with Crippen LogP contribution in [0.15, 0.2) is 0 Å². The zero-order valence-electron chi connectivity index (χ0n) is 11.6. The van der Waals surface area contributed by atoms with Crippen LogP contribution >= 0.6 is 0 Å². The van der Waals surface area contributed by atoms with Crippen molar-refractivity contribution >= 4 is 5.91 Å². The lowest BCUT2D eigenvalue weighted by Gasteiger charge is -2.25. The summed E-state index contributed by atoms with van der Waals surface area (Å²) in [4.78, 5) is 14.7. The zero-order valence-corrected chi connectivity index (χ0v) is 11.6. The molecule has 3 nitrogen and oxygen atoms in total. The Labute approximate surface area is 110 Å². The Kier molecular flexibility index (Phi) is 3.35. The first-order valence-electron chi connectivity index (χ1n) is 7.75. The van der Waals surface area contributed by atoms with Crippen molar-refractivity contribution in [2.24, 2.45) is 17.3 Å². The number of piperidine rings is 1. The molecule has 3 heteroatoms. The van der Waals surface area contributed by atoms with Gasteiger partial charge in [0.15, 0.2) is 0 Å². The van der Waals surface area contributed by atoms with Crippen LogP contribution in [-0.4, -0.2) is 37.0 Å². The number of carbonyl (C=O) groups is 1. The molecule has 1 amide bonds. The van der Waals surface area contributed by atoms with E-state index in [1.807, 2.05) is 0 Å². The minimum atomic E-state index is 0.375. The predicted octanol–water partition coefficient (Wildman–Crippen LogP) is 2.02. The third kappa shape index (κ3) is 2.18. The second-order valence-electron chi connectivity index (χ2n) is 6.60. The average molecular weight is 250 g/mol. The van der Waals surface area contributed by atoms with Crippen LogP contribution in [0, 0.1) is 17.3 Å². The SMILES string of the molecule is CCCC1CCN(C(=O)C2CC23CCNCC3)C1. The fraction of sp³-hybridized carbons (Fsp3) is 0.933. The zero-order chi connectivity index (χ0) is 12.6. The van der Waals surface area contributed by atoms with E-state index in [2.05, 4.69) is 17.1 Å². The summed E-state index contributed by atoms with van der Waals surface area (Å²) in [7, 11) is 0. The fourth-order valence-corrected chi connectivity index (χ4v) is 4.07. The molecule has 102 valence electrons. The fourth-order valence-electron chi connectivity index (χ4n) is 4.07. The molecule has 1 spiro atoms. The van der Waals surface area contributed by atoms with Gasteiger partial charge in [-0.3, -0.25) is 4.79 Å². The summed E-state index contributed by atoms with van der Waals surface area (Å²) < 4.78 is 0. The predicted molar refractivity (Wildman–Crippen MR) is 72.2 cm³/mol. The average Bonchev–Trinajstić information content (AvgIpc) is 2.87. The number of nitrogens with zero attached hydrogens (tertiary/aromatic N) is 1. The number of carbonyl (C=O) groups excluding carboxylic acids is 1. The molecule has 1 aliphatic carbocycles. The van der Waals surface area contributed by atoms with Crippen LogP contribution in [0.5, 0.6) is 0 Å². The quantitative estimate of drug-likeness (QED) is 0.831. The number of nitrogens with one attached hydrogen (secondary N) is 1. The number of likely N-dealkylation sites (tertiary alicyclic amines) is 1. The van der Waals surface area contributed by atoms with E-state index < -0.39 is 0 Å². The van der Waals surface area contributed by atoms with E-state index in [-0.39, 0.29) is 0 Å². The summed E-state index contributed by atoms with van der Waals surface area (Å²) in [6.45, 7) is 6.53. The molecule has 3 aliphatic rings. The summed E-state index contributed by atoms with van der Waals surface area (Å²) in [5, 5.41) is 3.41. The van der Waals surface area contributed by atoms with Crippen LogP contribution in [0.3, 0.4) is 0 Å².